The Balaban J connectivity index is 0.00000261. The molecule has 0 saturated carbocycles. The predicted octanol–water partition coefficient (Wildman–Crippen LogP) is 3.31. The zero-order valence-electron chi connectivity index (χ0n) is 15.5. The van der Waals surface area contributed by atoms with Crippen LogP contribution in [-0.2, 0) is 12.8 Å². The average molecular weight is 399 g/mol. The van der Waals surface area contributed by atoms with E-state index in [9.17, 15) is 13.6 Å². The highest BCUT2D eigenvalue weighted by Gasteiger charge is 2.32. The van der Waals surface area contributed by atoms with Crippen molar-refractivity contribution in [1.82, 2.24) is 15.1 Å². The molecule has 1 aromatic heterocycles. The number of hydrogen-bond acceptors (Lipinski definition) is 3. The lowest BCUT2D eigenvalue weighted by Gasteiger charge is -2.31. The normalized spacial score (nSPS) is 13.2. The minimum Gasteiger partial charge on any atom is -0.344 e. The van der Waals surface area contributed by atoms with Gasteiger partial charge in [0.05, 0.1) is 11.2 Å². The molecule has 0 bridgehead atoms. The highest BCUT2D eigenvalue weighted by Crippen LogP contribution is 2.29. The highest BCUT2D eigenvalue weighted by atomic mass is 35.5. The molecule has 1 aliphatic rings. The SMILES string of the molecule is CCC(CC)(CN)NC(=O)c1nn(-c2ccc(F)c(F)c2)c2c1CCC2.Cl. The molecule has 1 aromatic carbocycles. The van der Waals surface area contributed by atoms with Crippen LogP contribution in [0, 0.1) is 11.6 Å². The van der Waals surface area contributed by atoms with E-state index in [4.69, 9.17) is 5.73 Å². The molecule has 148 valence electrons. The number of benzene rings is 1. The first-order valence-electron chi connectivity index (χ1n) is 9.03. The van der Waals surface area contributed by atoms with Crippen LogP contribution in [0.15, 0.2) is 18.2 Å². The first-order valence-corrected chi connectivity index (χ1v) is 9.03. The van der Waals surface area contributed by atoms with Crippen LogP contribution >= 0.6 is 12.4 Å². The second-order valence-corrected chi connectivity index (χ2v) is 6.78. The van der Waals surface area contributed by atoms with E-state index in [-0.39, 0.29) is 18.3 Å². The van der Waals surface area contributed by atoms with Gasteiger partial charge in [-0.15, -0.1) is 12.4 Å². The maximum atomic E-state index is 13.6. The Morgan fingerprint density at radius 3 is 2.56 bits per heavy atom. The quantitative estimate of drug-likeness (QED) is 0.784. The summed E-state index contributed by atoms with van der Waals surface area (Å²) in [5.41, 5.74) is 7.94. The fourth-order valence-electron chi connectivity index (χ4n) is 3.52. The molecular formula is C19H25ClF2N4O. The van der Waals surface area contributed by atoms with Crippen molar-refractivity contribution in [1.29, 1.82) is 0 Å². The smallest absolute Gasteiger partial charge is 0.272 e. The third kappa shape index (κ3) is 3.84. The van der Waals surface area contributed by atoms with E-state index < -0.39 is 17.2 Å². The Hall–Kier alpha value is -1.99. The van der Waals surface area contributed by atoms with Gasteiger partial charge in [0.25, 0.3) is 5.91 Å². The molecule has 3 N–H and O–H groups in total. The molecule has 0 radical (unpaired) electrons. The molecule has 1 heterocycles. The average Bonchev–Trinajstić information content (AvgIpc) is 3.24. The largest absolute Gasteiger partial charge is 0.344 e. The Kier molecular flexibility index (Phi) is 6.59. The summed E-state index contributed by atoms with van der Waals surface area (Å²) in [6.45, 7) is 4.32. The molecule has 2 aromatic rings. The molecule has 0 unspecified atom stereocenters. The Bertz CT molecular complexity index is 825. The number of rotatable bonds is 6. The monoisotopic (exact) mass is 398 g/mol. The van der Waals surface area contributed by atoms with E-state index in [2.05, 4.69) is 10.4 Å². The van der Waals surface area contributed by atoms with Crippen LogP contribution in [0.1, 0.15) is 54.9 Å². The molecule has 1 amide bonds. The maximum absolute atomic E-state index is 13.6. The molecule has 3 rings (SSSR count). The summed E-state index contributed by atoms with van der Waals surface area (Å²) >= 11 is 0. The van der Waals surface area contributed by atoms with Crippen LogP contribution in [0.4, 0.5) is 8.78 Å². The van der Waals surface area contributed by atoms with Gasteiger partial charge in [0.15, 0.2) is 17.3 Å². The summed E-state index contributed by atoms with van der Waals surface area (Å²) in [5.74, 6) is -2.11. The van der Waals surface area contributed by atoms with E-state index >= 15 is 0 Å². The molecule has 5 nitrogen and oxygen atoms in total. The second-order valence-electron chi connectivity index (χ2n) is 6.78. The first-order chi connectivity index (χ1) is 12.4. The van der Waals surface area contributed by atoms with Crippen molar-refractivity contribution in [2.45, 2.75) is 51.5 Å². The lowest BCUT2D eigenvalue weighted by atomic mass is 9.92. The third-order valence-corrected chi connectivity index (χ3v) is 5.42. The van der Waals surface area contributed by atoms with Crippen LogP contribution in [0.5, 0.6) is 0 Å². The zero-order chi connectivity index (χ0) is 18.9. The van der Waals surface area contributed by atoms with Crippen molar-refractivity contribution >= 4 is 18.3 Å². The van der Waals surface area contributed by atoms with Crippen LogP contribution < -0.4 is 11.1 Å². The van der Waals surface area contributed by atoms with Gasteiger partial charge in [-0.2, -0.15) is 5.10 Å². The molecule has 1 aliphatic carbocycles. The third-order valence-electron chi connectivity index (χ3n) is 5.42. The fraction of sp³-hybridized carbons (Fsp3) is 0.474. The number of aromatic nitrogens is 2. The van der Waals surface area contributed by atoms with Crippen LogP contribution in [0.3, 0.4) is 0 Å². The minimum absolute atomic E-state index is 0. The summed E-state index contributed by atoms with van der Waals surface area (Å²) in [6.07, 6.45) is 3.84. The van der Waals surface area contributed by atoms with E-state index in [0.717, 1.165) is 55.5 Å². The van der Waals surface area contributed by atoms with Gasteiger partial charge >= 0.3 is 0 Å². The maximum Gasteiger partial charge on any atom is 0.272 e. The van der Waals surface area contributed by atoms with Gasteiger partial charge in [0.1, 0.15) is 0 Å². The molecular weight excluding hydrogens is 374 g/mol. The summed E-state index contributed by atoms with van der Waals surface area (Å²) in [7, 11) is 0. The van der Waals surface area contributed by atoms with Gasteiger partial charge in [-0.3, -0.25) is 4.79 Å². The van der Waals surface area contributed by atoms with E-state index in [1.165, 1.54) is 6.07 Å². The topological polar surface area (TPSA) is 72.9 Å². The van der Waals surface area contributed by atoms with Crippen molar-refractivity contribution in [2.24, 2.45) is 5.73 Å². The predicted molar refractivity (Wildman–Crippen MR) is 103 cm³/mol. The molecule has 0 saturated heterocycles. The molecule has 27 heavy (non-hydrogen) atoms. The number of fused-ring (bicyclic) bond motifs is 1. The highest BCUT2D eigenvalue weighted by molar-refractivity contribution is 5.94. The van der Waals surface area contributed by atoms with Crippen molar-refractivity contribution < 1.29 is 13.6 Å². The van der Waals surface area contributed by atoms with Gasteiger partial charge in [-0.25, -0.2) is 13.5 Å². The second kappa shape index (κ2) is 8.35. The number of halogens is 3. The van der Waals surface area contributed by atoms with Gasteiger partial charge < -0.3 is 11.1 Å². The van der Waals surface area contributed by atoms with Crippen molar-refractivity contribution in [2.75, 3.05) is 6.54 Å². The van der Waals surface area contributed by atoms with Gasteiger partial charge in [0, 0.05) is 23.9 Å². The van der Waals surface area contributed by atoms with Crippen molar-refractivity contribution in [3.8, 4) is 5.69 Å². The zero-order valence-corrected chi connectivity index (χ0v) is 16.3. The number of carbonyl (C=O) groups excluding carboxylic acids is 1. The number of nitrogens with two attached hydrogens (primary N) is 1. The number of nitrogens with one attached hydrogen (secondary N) is 1. The summed E-state index contributed by atoms with van der Waals surface area (Å²) in [6, 6.07) is 3.64. The molecule has 8 heteroatoms. The number of hydrogen-bond donors (Lipinski definition) is 2. The van der Waals surface area contributed by atoms with Crippen LogP contribution in [0.25, 0.3) is 5.69 Å². The van der Waals surface area contributed by atoms with Gasteiger partial charge in [0.2, 0.25) is 0 Å². The molecule has 0 atom stereocenters. The number of carbonyl (C=O) groups is 1. The fourth-order valence-corrected chi connectivity index (χ4v) is 3.52. The molecule has 0 fully saturated rings. The van der Waals surface area contributed by atoms with E-state index in [1.807, 2.05) is 13.8 Å². The van der Waals surface area contributed by atoms with E-state index in [1.54, 1.807) is 4.68 Å². The summed E-state index contributed by atoms with van der Waals surface area (Å²) < 4.78 is 28.4. The standard InChI is InChI=1S/C19H24F2N4O.ClH/c1-3-19(4-2,11-22)23-18(26)17-13-6-5-7-16(13)25(24-17)12-8-9-14(20)15(21)10-12;/h8-10H,3-7,11,22H2,1-2H3,(H,23,26);1H. The lowest BCUT2D eigenvalue weighted by molar-refractivity contribution is 0.0888. The summed E-state index contributed by atoms with van der Waals surface area (Å²) in [4.78, 5) is 12.9. The van der Waals surface area contributed by atoms with Crippen LogP contribution in [-0.4, -0.2) is 27.8 Å². The van der Waals surface area contributed by atoms with Crippen molar-refractivity contribution in [3.63, 3.8) is 0 Å². The molecule has 0 aliphatic heterocycles. The Morgan fingerprint density at radius 2 is 1.96 bits per heavy atom. The van der Waals surface area contributed by atoms with E-state index in [0.29, 0.717) is 17.9 Å². The first kappa shape index (κ1) is 21.3. The minimum atomic E-state index is -0.935. The number of nitrogens with zero attached hydrogens (tertiary/aromatic N) is 2. The Morgan fingerprint density at radius 1 is 1.26 bits per heavy atom. The summed E-state index contributed by atoms with van der Waals surface area (Å²) in [5, 5.41) is 7.47. The van der Waals surface area contributed by atoms with Crippen molar-refractivity contribution in [3.05, 3.63) is 46.8 Å². The lowest BCUT2D eigenvalue weighted by Crippen LogP contribution is -2.53. The van der Waals surface area contributed by atoms with Gasteiger partial charge in [-0.05, 0) is 44.2 Å². The van der Waals surface area contributed by atoms with Gasteiger partial charge in [-0.1, -0.05) is 13.8 Å². The molecule has 0 spiro atoms. The Labute approximate surface area is 163 Å². The number of amides is 1. The van der Waals surface area contributed by atoms with Crippen LogP contribution in [0.2, 0.25) is 0 Å².